The Morgan fingerprint density at radius 3 is 2.33 bits per heavy atom. The number of benzene rings is 1. The number of nitrogens with zero attached hydrogens (tertiary/aromatic N) is 1. The van der Waals surface area contributed by atoms with Crippen LogP contribution in [0, 0.1) is 0 Å². The summed E-state index contributed by atoms with van der Waals surface area (Å²) < 4.78 is 5.57. The number of hydrogen-bond donors (Lipinski definition) is 2. The van der Waals surface area contributed by atoms with Crippen LogP contribution < -0.4 is 4.74 Å². The second-order valence-electron chi connectivity index (χ2n) is 3.94. The van der Waals surface area contributed by atoms with Crippen molar-refractivity contribution >= 4 is 11.6 Å². The number of hydrogen-bond acceptors (Lipinski definition) is 4. The third kappa shape index (κ3) is 6.21. The Labute approximate surface area is 113 Å². The maximum Gasteiger partial charge on any atom is 0.119 e. The molecule has 0 fully saturated rings. The molecule has 102 valence electrons. The van der Waals surface area contributed by atoms with Crippen molar-refractivity contribution in [2.24, 2.45) is 0 Å². The van der Waals surface area contributed by atoms with Gasteiger partial charge in [-0.15, -0.1) is 0 Å². The zero-order chi connectivity index (χ0) is 13.2. The second kappa shape index (κ2) is 9.16. The number of aliphatic hydroxyl groups excluding tert-OH is 2. The minimum Gasteiger partial charge on any atom is -0.492 e. The molecule has 5 heteroatoms. The van der Waals surface area contributed by atoms with Crippen molar-refractivity contribution in [3.63, 3.8) is 0 Å². The fraction of sp³-hybridized carbons (Fsp3) is 0.538. The Balaban J connectivity index is 2.26. The van der Waals surface area contributed by atoms with Crippen molar-refractivity contribution in [2.75, 3.05) is 39.5 Å². The number of rotatable bonds is 9. The van der Waals surface area contributed by atoms with Gasteiger partial charge in [-0.25, -0.2) is 0 Å². The average Bonchev–Trinajstić information content (AvgIpc) is 2.38. The van der Waals surface area contributed by atoms with E-state index in [1.165, 1.54) is 0 Å². The highest BCUT2D eigenvalue weighted by atomic mass is 35.5. The predicted molar refractivity (Wildman–Crippen MR) is 72.2 cm³/mol. The van der Waals surface area contributed by atoms with E-state index in [0.717, 1.165) is 18.8 Å². The van der Waals surface area contributed by atoms with Crippen LogP contribution in [0.1, 0.15) is 6.42 Å². The van der Waals surface area contributed by atoms with Gasteiger partial charge in [-0.05, 0) is 30.7 Å². The van der Waals surface area contributed by atoms with Crippen LogP contribution in [0.5, 0.6) is 5.75 Å². The molecule has 0 aliphatic rings. The summed E-state index contributed by atoms with van der Waals surface area (Å²) in [5.41, 5.74) is 0. The zero-order valence-corrected chi connectivity index (χ0v) is 11.1. The van der Waals surface area contributed by atoms with Crippen LogP contribution in [-0.4, -0.2) is 54.6 Å². The summed E-state index contributed by atoms with van der Waals surface area (Å²) in [6, 6.07) is 7.22. The van der Waals surface area contributed by atoms with E-state index in [4.69, 9.17) is 26.6 Å². The molecular formula is C13H20ClNO3. The van der Waals surface area contributed by atoms with Crippen molar-refractivity contribution < 1.29 is 14.9 Å². The summed E-state index contributed by atoms with van der Waals surface area (Å²) in [5, 5.41) is 18.4. The van der Waals surface area contributed by atoms with Gasteiger partial charge >= 0.3 is 0 Å². The first kappa shape index (κ1) is 15.2. The Kier molecular flexibility index (Phi) is 7.76. The maximum atomic E-state index is 8.92. The molecule has 18 heavy (non-hydrogen) atoms. The first-order chi connectivity index (χ1) is 8.76. The van der Waals surface area contributed by atoms with Crippen LogP contribution in [0.3, 0.4) is 0 Å². The Morgan fingerprint density at radius 1 is 1.00 bits per heavy atom. The molecule has 0 heterocycles. The average molecular weight is 274 g/mol. The van der Waals surface area contributed by atoms with Gasteiger partial charge in [-0.1, -0.05) is 11.6 Å². The molecule has 0 unspecified atom stereocenters. The van der Waals surface area contributed by atoms with E-state index in [1.807, 2.05) is 12.1 Å². The highest BCUT2D eigenvalue weighted by Gasteiger charge is 2.04. The van der Waals surface area contributed by atoms with Crippen LogP contribution in [0.4, 0.5) is 0 Å². The van der Waals surface area contributed by atoms with E-state index < -0.39 is 0 Å². The molecule has 0 aliphatic heterocycles. The summed E-state index contributed by atoms with van der Waals surface area (Å²) >= 11 is 5.78. The van der Waals surface area contributed by atoms with Gasteiger partial charge in [0.15, 0.2) is 0 Å². The first-order valence-corrected chi connectivity index (χ1v) is 6.46. The van der Waals surface area contributed by atoms with E-state index in [2.05, 4.69) is 4.90 Å². The summed E-state index contributed by atoms with van der Waals surface area (Å²) in [4.78, 5) is 2.06. The lowest BCUT2D eigenvalue weighted by atomic mass is 10.3. The van der Waals surface area contributed by atoms with Gasteiger partial charge in [0.1, 0.15) is 12.4 Å². The molecule has 4 nitrogen and oxygen atoms in total. The quantitative estimate of drug-likeness (QED) is 0.714. The summed E-state index contributed by atoms with van der Waals surface area (Å²) in [6.45, 7) is 2.92. The SMILES string of the molecule is OCCCN(CCO)CCOc1ccc(Cl)cc1. The maximum absolute atomic E-state index is 8.92. The third-order valence-corrected chi connectivity index (χ3v) is 2.79. The van der Waals surface area contributed by atoms with E-state index in [-0.39, 0.29) is 13.2 Å². The van der Waals surface area contributed by atoms with Crippen LogP contribution >= 0.6 is 11.6 Å². The van der Waals surface area contributed by atoms with E-state index in [9.17, 15) is 0 Å². The fourth-order valence-electron chi connectivity index (χ4n) is 1.59. The zero-order valence-electron chi connectivity index (χ0n) is 10.4. The number of ether oxygens (including phenoxy) is 1. The summed E-state index contributed by atoms with van der Waals surface area (Å²) in [5.74, 6) is 0.783. The molecule has 1 aromatic carbocycles. The molecule has 2 N–H and O–H groups in total. The molecule has 0 spiro atoms. The Bertz CT molecular complexity index is 319. The minimum absolute atomic E-state index is 0.117. The highest BCUT2D eigenvalue weighted by Crippen LogP contribution is 2.15. The number of halogens is 1. The fourth-order valence-corrected chi connectivity index (χ4v) is 1.72. The van der Waals surface area contributed by atoms with E-state index in [1.54, 1.807) is 12.1 Å². The standard InChI is InChI=1S/C13H20ClNO3/c14-12-2-4-13(5-3-12)18-11-8-15(7-10-17)6-1-9-16/h2-5,16-17H,1,6-11H2. The largest absolute Gasteiger partial charge is 0.492 e. The molecule has 0 aromatic heterocycles. The molecule has 0 saturated heterocycles. The normalized spacial score (nSPS) is 10.9. The molecule has 0 aliphatic carbocycles. The summed E-state index contributed by atoms with van der Waals surface area (Å²) in [6.07, 6.45) is 0.709. The predicted octanol–water partition coefficient (Wildman–Crippen LogP) is 1.40. The van der Waals surface area contributed by atoms with E-state index >= 15 is 0 Å². The third-order valence-electron chi connectivity index (χ3n) is 2.54. The second-order valence-corrected chi connectivity index (χ2v) is 4.38. The molecule has 0 amide bonds. The topological polar surface area (TPSA) is 52.9 Å². The smallest absolute Gasteiger partial charge is 0.119 e. The van der Waals surface area contributed by atoms with Gasteiger partial charge in [-0.2, -0.15) is 0 Å². The molecule has 1 aromatic rings. The Hall–Kier alpha value is -0.810. The Morgan fingerprint density at radius 2 is 1.72 bits per heavy atom. The van der Waals surface area contributed by atoms with Gasteiger partial charge in [0, 0.05) is 31.3 Å². The lowest BCUT2D eigenvalue weighted by Gasteiger charge is -2.20. The van der Waals surface area contributed by atoms with Crippen molar-refractivity contribution in [3.8, 4) is 5.75 Å². The van der Waals surface area contributed by atoms with Crippen molar-refractivity contribution in [2.45, 2.75) is 6.42 Å². The van der Waals surface area contributed by atoms with Gasteiger partial charge in [0.05, 0.1) is 6.61 Å². The van der Waals surface area contributed by atoms with Gasteiger partial charge in [0.25, 0.3) is 0 Å². The van der Waals surface area contributed by atoms with Crippen LogP contribution in [0.25, 0.3) is 0 Å². The molecular weight excluding hydrogens is 254 g/mol. The minimum atomic E-state index is 0.117. The monoisotopic (exact) mass is 273 g/mol. The van der Waals surface area contributed by atoms with Gasteiger partial charge < -0.3 is 14.9 Å². The molecule has 0 atom stereocenters. The van der Waals surface area contributed by atoms with Gasteiger partial charge in [0.2, 0.25) is 0 Å². The molecule has 0 bridgehead atoms. The lowest BCUT2D eigenvalue weighted by molar-refractivity contribution is 0.156. The number of aliphatic hydroxyl groups is 2. The molecule has 0 radical (unpaired) electrons. The van der Waals surface area contributed by atoms with Crippen LogP contribution in [0.2, 0.25) is 5.02 Å². The summed E-state index contributed by atoms with van der Waals surface area (Å²) in [7, 11) is 0. The van der Waals surface area contributed by atoms with Crippen LogP contribution in [0.15, 0.2) is 24.3 Å². The van der Waals surface area contributed by atoms with Gasteiger partial charge in [-0.3, -0.25) is 4.90 Å². The molecule has 0 saturated carbocycles. The molecule has 1 rings (SSSR count). The lowest BCUT2D eigenvalue weighted by Crippen LogP contribution is -2.32. The highest BCUT2D eigenvalue weighted by molar-refractivity contribution is 6.30. The van der Waals surface area contributed by atoms with Crippen molar-refractivity contribution in [3.05, 3.63) is 29.3 Å². The van der Waals surface area contributed by atoms with Crippen LogP contribution in [-0.2, 0) is 0 Å². The van der Waals surface area contributed by atoms with E-state index in [0.29, 0.717) is 24.6 Å². The first-order valence-electron chi connectivity index (χ1n) is 6.08. The van der Waals surface area contributed by atoms with Crippen molar-refractivity contribution in [1.29, 1.82) is 0 Å². The van der Waals surface area contributed by atoms with Crippen molar-refractivity contribution in [1.82, 2.24) is 4.90 Å².